The number of ether oxygens (including phenoxy) is 1. The molecule has 1 amide bonds. The van der Waals surface area contributed by atoms with Gasteiger partial charge in [-0.15, -0.1) is 10.2 Å². The van der Waals surface area contributed by atoms with Crippen LogP contribution in [0.1, 0.15) is 24.4 Å². The molecular weight excluding hydrogens is 532 g/mol. The van der Waals surface area contributed by atoms with Crippen LogP contribution < -0.4 is 10.1 Å². The number of hydrogen-bond donors (Lipinski definition) is 1. The Morgan fingerprint density at radius 2 is 1.78 bits per heavy atom. The van der Waals surface area contributed by atoms with Crippen LogP contribution >= 0.6 is 23.4 Å². The maximum absolute atomic E-state index is 13.4. The van der Waals surface area contributed by atoms with Crippen LogP contribution in [0.2, 0.25) is 5.02 Å². The number of anilines is 1. The molecule has 1 N–H and O–H groups in total. The lowest BCUT2D eigenvalue weighted by molar-refractivity contribution is -0.137. The number of aromatic nitrogens is 3. The standard InChI is InChI=1S/C25H19ClF4N4O2S/c1-15(36-19-10-8-17(27)9-11-19)23-32-33-24(34(23)18-5-3-2-4-6-18)37-14-22(35)31-21-12-7-16(26)13-20(21)25(28,29)30/h2-13,15H,14H2,1H3,(H,31,35). The zero-order chi connectivity index (χ0) is 26.6. The van der Waals surface area contributed by atoms with Crippen LogP contribution in [-0.4, -0.2) is 26.4 Å². The van der Waals surface area contributed by atoms with Gasteiger partial charge in [0, 0.05) is 10.7 Å². The summed E-state index contributed by atoms with van der Waals surface area (Å²) in [4.78, 5) is 12.6. The first kappa shape index (κ1) is 26.5. The number of halogens is 5. The Morgan fingerprint density at radius 1 is 1.08 bits per heavy atom. The average Bonchev–Trinajstić information content (AvgIpc) is 3.29. The minimum absolute atomic E-state index is 0.0971. The molecule has 1 heterocycles. The Kier molecular flexibility index (Phi) is 8.03. The molecule has 0 bridgehead atoms. The zero-order valence-corrected chi connectivity index (χ0v) is 20.7. The fourth-order valence-electron chi connectivity index (χ4n) is 3.40. The molecule has 0 aliphatic carbocycles. The van der Waals surface area contributed by atoms with Crippen molar-refractivity contribution < 1.29 is 27.1 Å². The van der Waals surface area contributed by atoms with Crippen molar-refractivity contribution in [2.75, 3.05) is 11.1 Å². The number of amides is 1. The Morgan fingerprint density at radius 3 is 2.46 bits per heavy atom. The first-order valence-corrected chi connectivity index (χ1v) is 12.2. The smallest absolute Gasteiger partial charge is 0.418 e. The van der Waals surface area contributed by atoms with Gasteiger partial charge in [0.05, 0.1) is 17.0 Å². The van der Waals surface area contributed by atoms with Crippen molar-refractivity contribution in [1.82, 2.24) is 14.8 Å². The van der Waals surface area contributed by atoms with E-state index in [0.717, 1.165) is 23.9 Å². The molecule has 4 rings (SSSR count). The number of carbonyl (C=O) groups is 1. The lowest BCUT2D eigenvalue weighted by Crippen LogP contribution is -2.18. The van der Waals surface area contributed by atoms with Crippen molar-refractivity contribution in [3.63, 3.8) is 0 Å². The number of alkyl halides is 3. The number of hydrogen-bond acceptors (Lipinski definition) is 5. The molecule has 4 aromatic rings. The molecule has 1 unspecified atom stereocenters. The molecule has 6 nitrogen and oxygen atoms in total. The van der Waals surface area contributed by atoms with Gasteiger partial charge < -0.3 is 10.1 Å². The second-order valence-corrected chi connectivity index (χ2v) is 9.13. The predicted molar refractivity (Wildman–Crippen MR) is 133 cm³/mol. The SMILES string of the molecule is CC(Oc1ccc(F)cc1)c1nnc(SCC(=O)Nc2ccc(Cl)cc2C(F)(F)F)n1-c1ccccc1. The molecule has 0 saturated carbocycles. The third-order valence-electron chi connectivity index (χ3n) is 5.06. The summed E-state index contributed by atoms with van der Waals surface area (Å²) in [5.41, 5.74) is -0.745. The second kappa shape index (κ2) is 11.2. The molecule has 0 spiro atoms. The summed E-state index contributed by atoms with van der Waals surface area (Å²) < 4.78 is 60.9. The minimum Gasteiger partial charge on any atom is -0.483 e. The predicted octanol–water partition coefficient (Wildman–Crippen LogP) is 6.95. The summed E-state index contributed by atoms with van der Waals surface area (Å²) in [6.07, 6.45) is -5.30. The monoisotopic (exact) mass is 550 g/mol. The summed E-state index contributed by atoms with van der Waals surface area (Å²) in [7, 11) is 0. The highest BCUT2D eigenvalue weighted by atomic mass is 35.5. The van der Waals surface area contributed by atoms with Crippen molar-refractivity contribution in [3.05, 3.63) is 95.0 Å². The van der Waals surface area contributed by atoms with Crippen LogP contribution in [0.25, 0.3) is 5.69 Å². The second-order valence-electron chi connectivity index (χ2n) is 7.75. The molecule has 3 aromatic carbocycles. The van der Waals surface area contributed by atoms with Crippen LogP contribution in [0.4, 0.5) is 23.2 Å². The van der Waals surface area contributed by atoms with Gasteiger partial charge in [0.15, 0.2) is 17.1 Å². The Bertz CT molecular complexity index is 1380. The Labute approximate surface area is 218 Å². The van der Waals surface area contributed by atoms with Gasteiger partial charge in [-0.3, -0.25) is 9.36 Å². The maximum Gasteiger partial charge on any atom is 0.418 e. The summed E-state index contributed by atoms with van der Waals surface area (Å²) in [6.45, 7) is 1.74. The average molecular weight is 551 g/mol. The molecule has 0 saturated heterocycles. The van der Waals surface area contributed by atoms with Crippen molar-refractivity contribution >= 4 is 35.0 Å². The molecule has 1 aromatic heterocycles. The van der Waals surface area contributed by atoms with Crippen LogP contribution in [0.3, 0.4) is 0 Å². The van der Waals surface area contributed by atoms with E-state index < -0.39 is 35.3 Å². The third kappa shape index (κ3) is 6.60. The van der Waals surface area contributed by atoms with Crippen molar-refractivity contribution in [2.24, 2.45) is 0 Å². The number of rotatable bonds is 8. The molecule has 0 fully saturated rings. The molecule has 192 valence electrons. The van der Waals surface area contributed by atoms with Crippen LogP contribution in [0, 0.1) is 5.82 Å². The van der Waals surface area contributed by atoms with Gasteiger partial charge in [-0.25, -0.2) is 4.39 Å². The highest BCUT2D eigenvalue weighted by Gasteiger charge is 2.34. The lowest BCUT2D eigenvalue weighted by Gasteiger charge is -2.17. The fraction of sp³-hybridized carbons (Fsp3) is 0.160. The van der Waals surface area contributed by atoms with Crippen LogP contribution in [0.15, 0.2) is 78.0 Å². The topological polar surface area (TPSA) is 69.0 Å². The van der Waals surface area contributed by atoms with E-state index in [1.807, 2.05) is 30.3 Å². The number of carbonyl (C=O) groups excluding carboxylic acids is 1. The normalized spacial score (nSPS) is 12.3. The van der Waals surface area contributed by atoms with Gasteiger partial charge in [-0.05, 0) is 61.5 Å². The van der Waals surface area contributed by atoms with Gasteiger partial charge in [0.2, 0.25) is 5.91 Å². The molecular formula is C25H19ClF4N4O2S. The van der Waals surface area contributed by atoms with E-state index >= 15 is 0 Å². The quantitative estimate of drug-likeness (QED) is 0.190. The van der Waals surface area contributed by atoms with Crippen molar-refractivity contribution in [1.29, 1.82) is 0 Å². The van der Waals surface area contributed by atoms with E-state index in [2.05, 4.69) is 15.5 Å². The van der Waals surface area contributed by atoms with Gasteiger partial charge in [-0.2, -0.15) is 13.2 Å². The number of benzene rings is 3. The van der Waals surface area contributed by atoms with Crippen LogP contribution in [-0.2, 0) is 11.0 Å². The van der Waals surface area contributed by atoms with Crippen LogP contribution in [0.5, 0.6) is 5.75 Å². The fourth-order valence-corrected chi connectivity index (χ4v) is 4.34. The van der Waals surface area contributed by atoms with E-state index in [-0.39, 0.29) is 10.8 Å². The maximum atomic E-state index is 13.4. The molecule has 0 radical (unpaired) electrons. The highest BCUT2D eigenvalue weighted by molar-refractivity contribution is 7.99. The number of para-hydroxylation sites is 1. The Hall–Kier alpha value is -3.57. The largest absolute Gasteiger partial charge is 0.483 e. The summed E-state index contributed by atoms with van der Waals surface area (Å²) in [5.74, 6) is -0.468. The number of nitrogens with zero attached hydrogens (tertiary/aromatic N) is 3. The molecule has 37 heavy (non-hydrogen) atoms. The van der Waals surface area contributed by atoms with Crippen molar-refractivity contribution in [2.45, 2.75) is 24.4 Å². The van der Waals surface area contributed by atoms with Gasteiger partial charge in [0.25, 0.3) is 0 Å². The van der Waals surface area contributed by atoms with Crippen molar-refractivity contribution in [3.8, 4) is 11.4 Å². The minimum atomic E-state index is -4.69. The zero-order valence-electron chi connectivity index (χ0n) is 19.2. The van der Waals surface area contributed by atoms with E-state index in [0.29, 0.717) is 22.4 Å². The first-order chi connectivity index (χ1) is 17.6. The summed E-state index contributed by atoms with van der Waals surface area (Å²) in [5, 5.41) is 10.9. The van der Waals surface area contributed by atoms with Gasteiger partial charge in [0.1, 0.15) is 11.6 Å². The van der Waals surface area contributed by atoms with E-state index in [1.54, 1.807) is 11.5 Å². The van der Waals surface area contributed by atoms with Gasteiger partial charge in [-0.1, -0.05) is 41.6 Å². The first-order valence-electron chi connectivity index (χ1n) is 10.8. The number of nitrogens with one attached hydrogen (secondary N) is 1. The molecule has 12 heteroatoms. The number of thioether (sulfide) groups is 1. The van der Waals surface area contributed by atoms with Gasteiger partial charge >= 0.3 is 6.18 Å². The molecule has 1 atom stereocenters. The summed E-state index contributed by atoms with van der Waals surface area (Å²) in [6, 6.07) is 17.7. The molecule has 0 aliphatic heterocycles. The Balaban J connectivity index is 1.54. The van der Waals surface area contributed by atoms with E-state index in [9.17, 15) is 22.4 Å². The lowest BCUT2D eigenvalue weighted by atomic mass is 10.1. The van der Waals surface area contributed by atoms with E-state index in [4.69, 9.17) is 16.3 Å². The highest BCUT2D eigenvalue weighted by Crippen LogP contribution is 2.36. The molecule has 0 aliphatic rings. The third-order valence-corrected chi connectivity index (χ3v) is 6.22. The summed E-state index contributed by atoms with van der Waals surface area (Å²) >= 11 is 6.70. The van der Waals surface area contributed by atoms with E-state index in [1.165, 1.54) is 30.3 Å².